The fourth-order valence-electron chi connectivity index (χ4n) is 3.24. The smallest absolute Gasteiger partial charge is 0.324 e. The molecule has 1 aliphatic heterocycles. The van der Waals surface area contributed by atoms with Crippen molar-refractivity contribution < 1.29 is 22.7 Å². The van der Waals surface area contributed by atoms with Gasteiger partial charge in [-0.25, -0.2) is 8.42 Å². The highest BCUT2D eigenvalue weighted by Gasteiger charge is 2.40. The summed E-state index contributed by atoms with van der Waals surface area (Å²) in [6.07, 6.45) is 0.903. The zero-order valence-corrected chi connectivity index (χ0v) is 18.1. The van der Waals surface area contributed by atoms with Gasteiger partial charge in [-0.2, -0.15) is 4.31 Å². The third kappa shape index (κ3) is 5.38. The molecule has 1 fully saturated rings. The lowest BCUT2D eigenvalue weighted by atomic mass is 10.2. The van der Waals surface area contributed by atoms with Crippen molar-refractivity contribution in [2.75, 3.05) is 13.2 Å². The van der Waals surface area contributed by atoms with Crippen molar-refractivity contribution in [2.45, 2.75) is 37.2 Å². The summed E-state index contributed by atoms with van der Waals surface area (Å²) in [5.41, 5.74) is 1.75. The summed E-state index contributed by atoms with van der Waals surface area (Å²) in [6.45, 7) is 1.86. The van der Waals surface area contributed by atoms with Gasteiger partial charge in [0.05, 0.1) is 4.90 Å². The molecule has 0 aromatic heterocycles. The van der Waals surface area contributed by atoms with Gasteiger partial charge in [-0.1, -0.05) is 41.4 Å². The number of ether oxygens (including phenoxy) is 1. The van der Waals surface area contributed by atoms with Crippen molar-refractivity contribution >= 4 is 33.5 Å². The Morgan fingerprint density at radius 1 is 1.20 bits per heavy atom. The Kier molecular flexibility index (Phi) is 7.12. The minimum absolute atomic E-state index is 0.132. The number of benzene rings is 2. The number of hydrogen-bond acceptors (Lipinski definition) is 5. The number of aryl methyl sites for hydroxylation is 1. The number of amides is 1. The van der Waals surface area contributed by atoms with Gasteiger partial charge in [0.1, 0.15) is 6.04 Å². The average molecular weight is 451 g/mol. The second kappa shape index (κ2) is 9.59. The third-order valence-electron chi connectivity index (χ3n) is 4.83. The van der Waals surface area contributed by atoms with Crippen LogP contribution in [-0.2, 0) is 30.9 Å². The van der Waals surface area contributed by atoms with Gasteiger partial charge in [0.2, 0.25) is 10.0 Å². The van der Waals surface area contributed by atoms with Crippen molar-refractivity contribution in [3.05, 3.63) is 64.7 Å². The summed E-state index contributed by atoms with van der Waals surface area (Å²) >= 11 is 5.90. The van der Waals surface area contributed by atoms with Gasteiger partial charge in [0, 0.05) is 18.1 Å². The molecule has 0 saturated carbocycles. The zero-order chi connectivity index (χ0) is 21.7. The molecule has 2 aromatic carbocycles. The number of halogens is 1. The predicted octanol–water partition coefficient (Wildman–Crippen LogP) is 2.66. The number of sulfonamides is 1. The van der Waals surface area contributed by atoms with E-state index in [2.05, 4.69) is 5.32 Å². The number of carbonyl (C=O) groups excluding carboxylic acids is 2. The molecule has 0 radical (unpaired) electrons. The first-order valence-corrected chi connectivity index (χ1v) is 11.4. The van der Waals surface area contributed by atoms with Crippen molar-refractivity contribution in [2.24, 2.45) is 0 Å². The van der Waals surface area contributed by atoms with Crippen molar-refractivity contribution in [3.63, 3.8) is 0 Å². The Bertz CT molecular complexity index is 1020. The minimum atomic E-state index is -3.82. The van der Waals surface area contributed by atoms with Gasteiger partial charge < -0.3 is 10.1 Å². The van der Waals surface area contributed by atoms with Crippen LogP contribution in [0.2, 0.25) is 5.02 Å². The molecule has 1 saturated heterocycles. The second-order valence-corrected chi connectivity index (χ2v) is 9.43. The maximum absolute atomic E-state index is 12.9. The van der Waals surface area contributed by atoms with Gasteiger partial charge in [0.25, 0.3) is 5.91 Å². The van der Waals surface area contributed by atoms with Crippen LogP contribution >= 0.6 is 11.6 Å². The molecule has 0 bridgehead atoms. The summed E-state index contributed by atoms with van der Waals surface area (Å²) in [5, 5.41) is 3.20. The fourth-order valence-corrected chi connectivity index (χ4v) is 5.10. The van der Waals surface area contributed by atoms with Crippen LogP contribution < -0.4 is 5.32 Å². The van der Waals surface area contributed by atoms with E-state index >= 15 is 0 Å². The summed E-state index contributed by atoms with van der Waals surface area (Å²) in [7, 11) is -3.82. The summed E-state index contributed by atoms with van der Waals surface area (Å²) < 4.78 is 32.1. The third-order valence-corrected chi connectivity index (χ3v) is 6.99. The van der Waals surface area contributed by atoms with Gasteiger partial charge >= 0.3 is 5.97 Å². The molecule has 1 aliphatic rings. The predicted molar refractivity (Wildman–Crippen MR) is 112 cm³/mol. The van der Waals surface area contributed by atoms with Crippen LogP contribution in [0.1, 0.15) is 24.0 Å². The number of nitrogens with one attached hydrogen (secondary N) is 1. The maximum atomic E-state index is 12.9. The molecular formula is C21H23ClN2O5S. The molecule has 1 atom stereocenters. The number of rotatable bonds is 7. The monoisotopic (exact) mass is 450 g/mol. The molecule has 0 unspecified atom stereocenters. The van der Waals surface area contributed by atoms with Crippen molar-refractivity contribution in [1.29, 1.82) is 0 Å². The SMILES string of the molecule is Cc1ccc(S(=O)(=O)N2CCC[C@H]2C(=O)OCC(=O)NCc2cccc(Cl)c2)cc1. The summed E-state index contributed by atoms with van der Waals surface area (Å²) in [4.78, 5) is 24.6. The molecule has 2 aromatic rings. The highest BCUT2D eigenvalue weighted by molar-refractivity contribution is 7.89. The molecule has 1 heterocycles. The van der Waals surface area contributed by atoms with E-state index in [9.17, 15) is 18.0 Å². The lowest BCUT2D eigenvalue weighted by Gasteiger charge is -2.22. The number of carbonyl (C=O) groups is 2. The van der Waals surface area contributed by atoms with Crippen LogP contribution in [0.3, 0.4) is 0 Å². The zero-order valence-electron chi connectivity index (χ0n) is 16.5. The second-order valence-electron chi connectivity index (χ2n) is 7.10. The molecule has 1 N–H and O–H groups in total. The highest BCUT2D eigenvalue weighted by atomic mass is 35.5. The van der Waals surface area contributed by atoms with Gasteiger partial charge in [-0.3, -0.25) is 9.59 Å². The minimum Gasteiger partial charge on any atom is -0.454 e. The Morgan fingerprint density at radius 2 is 1.93 bits per heavy atom. The standard InChI is InChI=1S/C21H23ClN2O5S/c1-15-7-9-18(10-8-15)30(27,28)24-11-3-6-19(24)21(26)29-14-20(25)23-13-16-4-2-5-17(22)12-16/h2,4-5,7-10,12,19H,3,6,11,13-14H2,1H3,(H,23,25)/t19-/m0/s1. The van der Waals surface area contributed by atoms with Gasteiger partial charge in [-0.05, 0) is 49.6 Å². The molecular weight excluding hydrogens is 428 g/mol. The number of nitrogens with zero attached hydrogens (tertiary/aromatic N) is 1. The van der Waals surface area contributed by atoms with E-state index in [1.165, 1.54) is 12.1 Å². The molecule has 7 nitrogen and oxygen atoms in total. The van der Waals surface area contributed by atoms with Crippen LogP contribution in [0.25, 0.3) is 0 Å². The molecule has 0 aliphatic carbocycles. The van der Waals surface area contributed by atoms with Crippen LogP contribution in [0.15, 0.2) is 53.4 Å². The number of hydrogen-bond donors (Lipinski definition) is 1. The van der Waals surface area contributed by atoms with Crippen LogP contribution in [0, 0.1) is 6.92 Å². The van der Waals surface area contributed by atoms with Gasteiger partial charge in [0.15, 0.2) is 6.61 Å². The van der Waals surface area contributed by atoms with Crippen molar-refractivity contribution in [1.82, 2.24) is 9.62 Å². The average Bonchev–Trinajstić information content (AvgIpc) is 3.22. The molecule has 3 rings (SSSR count). The maximum Gasteiger partial charge on any atom is 0.324 e. The van der Waals surface area contributed by atoms with Crippen molar-refractivity contribution in [3.8, 4) is 0 Å². The molecule has 160 valence electrons. The summed E-state index contributed by atoms with van der Waals surface area (Å²) in [5.74, 6) is -1.20. The Morgan fingerprint density at radius 3 is 2.63 bits per heavy atom. The Hall–Kier alpha value is -2.42. The van der Waals surface area contributed by atoms with E-state index in [1.807, 2.05) is 13.0 Å². The highest BCUT2D eigenvalue weighted by Crippen LogP contribution is 2.27. The summed E-state index contributed by atoms with van der Waals surface area (Å²) in [6, 6.07) is 12.6. The first-order chi connectivity index (χ1) is 14.3. The first-order valence-electron chi connectivity index (χ1n) is 9.53. The molecule has 0 spiro atoms. The van der Waals surface area contributed by atoms with Crippen LogP contribution in [0.5, 0.6) is 0 Å². The van der Waals surface area contributed by atoms with E-state index < -0.39 is 34.5 Å². The Balaban J connectivity index is 1.56. The lowest BCUT2D eigenvalue weighted by molar-refractivity contribution is -0.151. The van der Waals surface area contributed by atoms with Crippen LogP contribution in [0.4, 0.5) is 0 Å². The van der Waals surface area contributed by atoms with E-state index in [-0.39, 0.29) is 18.0 Å². The largest absolute Gasteiger partial charge is 0.454 e. The molecule has 30 heavy (non-hydrogen) atoms. The quantitative estimate of drug-likeness (QED) is 0.654. The van der Waals surface area contributed by atoms with E-state index in [4.69, 9.17) is 16.3 Å². The fraction of sp³-hybridized carbons (Fsp3) is 0.333. The lowest BCUT2D eigenvalue weighted by Crippen LogP contribution is -2.42. The molecule has 9 heteroatoms. The van der Waals surface area contributed by atoms with Crippen LogP contribution in [-0.4, -0.2) is 43.8 Å². The topological polar surface area (TPSA) is 92.8 Å². The molecule has 1 amide bonds. The normalized spacial score (nSPS) is 16.9. The van der Waals surface area contributed by atoms with Gasteiger partial charge in [-0.15, -0.1) is 0 Å². The van der Waals surface area contributed by atoms with E-state index in [0.29, 0.717) is 17.9 Å². The van der Waals surface area contributed by atoms with E-state index in [1.54, 1.807) is 30.3 Å². The van der Waals surface area contributed by atoms with E-state index in [0.717, 1.165) is 15.4 Å². The first kappa shape index (κ1) is 22.3. The number of esters is 1. The Labute approximate surface area is 181 Å².